The van der Waals surface area contributed by atoms with Gasteiger partial charge in [-0.25, -0.2) is 0 Å². The van der Waals surface area contributed by atoms with Gasteiger partial charge in [0.05, 0.1) is 0 Å². The van der Waals surface area contributed by atoms with E-state index in [1.165, 1.54) is 0 Å². The van der Waals surface area contributed by atoms with Crippen molar-refractivity contribution >= 4 is 5.78 Å². The number of hydrogen-bond acceptors (Lipinski definition) is 1. The second kappa shape index (κ2) is 1.94. The third-order valence-corrected chi connectivity index (χ3v) is 0.498. The largest absolute Gasteiger partial charge is 0.300 e. The summed E-state index contributed by atoms with van der Waals surface area (Å²) >= 11 is 0. The van der Waals surface area contributed by atoms with E-state index in [4.69, 9.17) is 0 Å². The summed E-state index contributed by atoms with van der Waals surface area (Å²) in [6, 6.07) is 0. The van der Waals surface area contributed by atoms with E-state index in [1.54, 1.807) is 6.92 Å². The highest BCUT2D eigenvalue weighted by Crippen LogP contribution is 1.71. The molecule has 32 valence electrons. The monoisotopic (exact) mass is 74.1 g/mol. The van der Waals surface area contributed by atoms with Gasteiger partial charge in [0.15, 0.2) is 0 Å². The molecule has 5 heavy (non-hydrogen) atoms. The highest BCUT2D eigenvalue weighted by Gasteiger charge is 1.76. The molecule has 0 heterocycles. The Kier molecular flexibility index (Phi) is 1.81. The Labute approximate surface area is 33.5 Å². The van der Waals surface area contributed by atoms with E-state index in [-0.39, 0.29) is 7.21 Å². The fourth-order valence-corrected chi connectivity index (χ4v) is 0. The van der Waals surface area contributed by atoms with Crippen molar-refractivity contribution in [2.75, 3.05) is 0 Å². The minimum absolute atomic E-state index is 0. The summed E-state index contributed by atoms with van der Waals surface area (Å²) in [5, 5.41) is 0. The first-order valence-corrected chi connectivity index (χ1v) is 1.76. The molecule has 1 nitrogen and oxygen atoms in total. The molecule has 0 fully saturated rings. The molecule has 0 amide bonds. The molecule has 0 bridgehead atoms. The van der Waals surface area contributed by atoms with Gasteiger partial charge >= 0.3 is 0 Å². The molecular weight excluding hydrogens is 64.0 g/mol. The highest BCUT2D eigenvalue weighted by molar-refractivity contribution is 5.74. The molecule has 0 aliphatic rings. The molecule has 0 atom stereocenters. The van der Waals surface area contributed by atoms with E-state index in [0.717, 1.165) is 0 Å². The van der Waals surface area contributed by atoms with E-state index in [1.807, 2.05) is 6.92 Å². The fourth-order valence-electron chi connectivity index (χ4n) is 0. The molecule has 0 aliphatic carbocycles. The maximum Gasteiger partial charge on any atom is 0.129 e. The third kappa shape index (κ3) is 3.67. The average molecular weight is 74.1 g/mol. The molecule has 0 aromatic heterocycles. The molecule has 0 aliphatic heterocycles. The molecule has 0 rings (SSSR count). The van der Waals surface area contributed by atoms with Gasteiger partial charge in [-0.1, -0.05) is 6.92 Å². The normalized spacial score (nSPS) is 7.60. The van der Waals surface area contributed by atoms with Crippen LogP contribution in [0.3, 0.4) is 0 Å². The van der Waals surface area contributed by atoms with Crippen LogP contribution in [0.25, 0.3) is 0 Å². The van der Waals surface area contributed by atoms with Gasteiger partial charge < -0.3 is 4.79 Å². The smallest absolute Gasteiger partial charge is 0.129 e. The predicted octanol–water partition coefficient (Wildman–Crippen LogP) is 1.23. The second-order valence-electron chi connectivity index (χ2n) is 1.06. The number of Topliss-reactive ketones (excluding diaryl/α,β-unsaturated/α-hetero) is 1. The Hall–Kier alpha value is -0.330. The van der Waals surface area contributed by atoms with Crippen LogP contribution >= 0.6 is 0 Å². The fraction of sp³-hybridized carbons (Fsp3) is 0.750. The zero-order valence-corrected chi connectivity index (χ0v) is 3.62. The maximum atomic E-state index is 9.81. The molecule has 0 saturated heterocycles. The van der Waals surface area contributed by atoms with Crippen LogP contribution in [-0.4, -0.2) is 5.78 Å². The van der Waals surface area contributed by atoms with Gasteiger partial charge in [-0.3, -0.25) is 0 Å². The van der Waals surface area contributed by atoms with Gasteiger partial charge in [0.2, 0.25) is 0 Å². The van der Waals surface area contributed by atoms with Crippen molar-refractivity contribution in [3.8, 4) is 0 Å². The first-order chi connectivity index (χ1) is 2.27. The lowest BCUT2D eigenvalue weighted by atomic mass is 10.4. The number of carbonyl (C=O) groups is 1. The minimum Gasteiger partial charge on any atom is -0.300 e. The van der Waals surface area contributed by atoms with Crippen LogP contribution in [0.4, 0.5) is 0 Å². The molecule has 0 N–H and O–H groups in total. The molecule has 0 aromatic rings. The Morgan fingerprint density at radius 2 is 2.20 bits per heavy atom. The SMILES string of the molecule is CCC(C)=O.[HH]. The van der Waals surface area contributed by atoms with Crippen molar-refractivity contribution in [2.24, 2.45) is 0 Å². The molecule has 0 aromatic carbocycles. The Morgan fingerprint density at radius 3 is 2.20 bits per heavy atom. The summed E-state index contributed by atoms with van der Waals surface area (Å²) < 4.78 is 0. The standard InChI is InChI=1S/C4H8O.H2/c1-3-4(2)5;/h3H2,1-2H3;1H. The van der Waals surface area contributed by atoms with Gasteiger partial charge in [-0.05, 0) is 6.92 Å². The Bertz CT molecular complexity index is 42.8. The van der Waals surface area contributed by atoms with Crippen LogP contribution in [0.5, 0.6) is 0 Å². The topological polar surface area (TPSA) is 17.1 Å². The highest BCUT2D eigenvalue weighted by atomic mass is 16.1. The first kappa shape index (κ1) is 4.67. The van der Waals surface area contributed by atoms with Crippen LogP contribution in [0, 0.1) is 0 Å². The summed E-state index contributed by atoms with van der Waals surface area (Å²) in [4.78, 5) is 9.81. The zero-order chi connectivity index (χ0) is 4.28. The summed E-state index contributed by atoms with van der Waals surface area (Å²) in [7, 11) is 0. The van der Waals surface area contributed by atoms with Crippen LogP contribution in [0.2, 0.25) is 0 Å². The average Bonchev–Trinajstić information content (AvgIpc) is 1.38. The number of hydrogen-bond donors (Lipinski definition) is 0. The first-order valence-electron chi connectivity index (χ1n) is 1.76. The van der Waals surface area contributed by atoms with Gasteiger partial charge in [0.25, 0.3) is 0 Å². The van der Waals surface area contributed by atoms with Crippen LogP contribution in [0.1, 0.15) is 21.7 Å². The van der Waals surface area contributed by atoms with Crippen LogP contribution < -0.4 is 0 Å². The molecule has 0 radical (unpaired) electrons. The Morgan fingerprint density at radius 1 is 2.00 bits per heavy atom. The van der Waals surface area contributed by atoms with E-state index < -0.39 is 0 Å². The van der Waals surface area contributed by atoms with E-state index in [0.29, 0.717) is 6.42 Å². The van der Waals surface area contributed by atoms with Gasteiger partial charge in [0, 0.05) is 7.85 Å². The van der Waals surface area contributed by atoms with Crippen molar-refractivity contribution in [1.82, 2.24) is 0 Å². The lowest BCUT2D eigenvalue weighted by molar-refractivity contribution is -0.116. The van der Waals surface area contributed by atoms with E-state index >= 15 is 0 Å². The lowest BCUT2D eigenvalue weighted by Crippen LogP contribution is -1.80. The number of carbonyl (C=O) groups excluding carboxylic acids is 1. The third-order valence-electron chi connectivity index (χ3n) is 0.498. The van der Waals surface area contributed by atoms with E-state index in [2.05, 4.69) is 0 Å². The molecule has 0 spiro atoms. The van der Waals surface area contributed by atoms with Crippen molar-refractivity contribution in [3.63, 3.8) is 0 Å². The van der Waals surface area contributed by atoms with Crippen molar-refractivity contribution in [1.29, 1.82) is 0 Å². The van der Waals surface area contributed by atoms with Crippen molar-refractivity contribution in [3.05, 3.63) is 0 Å². The summed E-state index contributed by atoms with van der Waals surface area (Å²) in [6.45, 7) is 3.43. The van der Waals surface area contributed by atoms with Gasteiger partial charge in [-0.2, -0.15) is 0 Å². The van der Waals surface area contributed by atoms with Crippen LogP contribution in [0.15, 0.2) is 0 Å². The summed E-state index contributed by atoms with van der Waals surface area (Å²) in [5.41, 5.74) is 0. The second-order valence-corrected chi connectivity index (χ2v) is 1.06. The van der Waals surface area contributed by atoms with Crippen molar-refractivity contribution < 1.29 is 6.22 Å². The lowest BCUT2D eigenvalue weighted by Gasteiger charge is -1.71. The van der Waals surface area contributed by atoms with Crippen molar-refractivity contribution in [2.45, 2.75) is 20.3 Å². The molecular formula is C4H10O. The summed E-state index contributed by atoms with van der Waals surface area (Å²) in [6.07, 6.45) is 0.667. The minimum atomic E-state index is 0. The summed E-state index contributed by atoms with van der Waals surface area (Å²) in [5.74, 6) is 0.255. The predicted molar refractivity (Wildman–Crippen MR) is 23.1 cm³/mol. The number of rotatable bonds is 1. The zero-order valence-electron chi connectivity index (χ0n) is 3.62. The van der Waals surface area contributed by atoms with Gasteiger partial charge in [0.1, 0.15) is 5.78 Å². The number of ketones is 1. The maximum absolute atomic E-state index is 9.81. The quantitative estimate of drug-likeness (QED) is 0.457. The van der Waals surface area contributed by atoms with Crippen LogP contribution in [-0.2, 0) is 4.79 Å². The molecule has 0 unspecified atom stereocenters. The van der Waals surface area contributed by atoms with Gasteiger partial charge in [-0.15, -0.1) is 0 Å². The Balaban J connectivity index is 0. The molecule has 0 saturated carbocycles. The molecule has 1 heteroatoms. The van der Waals surface area contributed by atoms with E-state index in [9.17, 15) is 4.79 Å².